The molecule has 1 saturated heterocycles. The minimum atomic E-state index is -0.000252. The second-order valence-electron chi connectivity index (χ2n) is 5.75. The first-order chi connectivity index (χ1) is 9.63. The van der Waals surface area contributed by atoms with Crippen LogP contribution in [0.5, 0.6) is 0 Å². The zero-order valence-electron chi connectivity index (χ0n) is 12.2. The Kier molecular flexibility index (Phi) is 3.63. The highest BCUT2D eigenvalue weighted by atomic mass is 16.1. The summed E-state index contributed by atoms with van der Waals surface area (Å²) in [6, 6.07) is 6.10. The monoisotopic (exact) mass is 274 g/mol. The molecule has 2 heterocycles. The van der Waals surface area contributed by atoms with Gasteiger partial charge in [0.25, 0.3) is 0 Å². The van der Waals surface area contributed by atoms with Crippen molar-refractivity contribution in [2.24, 2.45) is 0 Å². The van der Waals surface area contributed by atoms with Crippen LogP contribution >= 0.6 is 0 Å². The molecule has 1 aliphatic heterocycles. The van der Waals surface area contributed by atoms with Crippen LogP contribution in [0.15, 0.2) is 23.0 Å². The maximum absolute atomic E-state index is 12.1. The minimum Gasteiger partial charge on any atom is -0.306 e. The summed E-state index contributed by atoms with van der Waals surface area (Å²) in [6.07, 6.45) is 0. The summed E-state index contributed by atoms with van der Waals surface area (Å²) in [5, 5.41) is 0. The molecule has 0 amide bonds. The van der Waals surface area contributed by atoms with Crippen molar-refractivity contribution < 1.29 is 0 Å². The number of nitrogens with one attached hydrogen (secondary N) is 1. The molecule has 20 heavy (non-hydrogen) atoms. The van der Waals surface area contributed by atoms with Gasteiger partial charge in [-0.05, 0) is 31.7 Å². The van der Waals surface area contributed by atoms with Gasteiger partial charge in [-0.1, -0.05) is 6.07 Å². The van der Waals surface area contributed by atoms with Gasteiger partial charge in [-0.15, -0.1) is 0 Å². The van der Waals surface area contributed by atoms with Gasteiger partial charge in [0.1, 0.15) is 0 Å². The normalized spacial score (nSPS) is 17.9. The lowest BCUT2D eigenvalue weighted by atomic mass is 10.2. The number of nitrogens with zero attached hydrogens (tertiary/aromatic N) is 3. The minimum absolute atomic E-state index is 0.000252. The van der Waals surface area contributed by atoms with E-state index in [2.05, 4.69) is 34.8 Å². The summed E-state index contributed by atoms with van der Waals surface area (Å²) in [6.45, 7) is 8.16. The average molecular weight is 274 g/mol. The van der Waals surface area contributed by atoms with Crippen molar-refractivity contribution >= 4 is 11.0 Å². The second kappa shape index (κ2) is 5.42. The molecule has 0 spiro atoms. The Bertz CT molecular complexity index is 649. The predicted octanol–water partition coefficient (Wildman–Crippen LogP) is 0.885. The van der Waals surface area contributed by atoms with Crippen molar-refractivity contribution in [2.45, 2.75) is 13.5 Å². The van der Waals surface area contributed by atoms with Gasteiger partial charge in [0.05, 0.1) is 11.0 Å². The van der Waals surface area contributed by atoms with Gasteiger partial charge in [-0.3, -0.25) is 9.47 Å². The third-order valence-corrected chi connectivity index (χ3v) is 4.17. The standard InChI is InChI=1S/C15H22N4O/c1-12-3-4-13-14(11-12)19(15(20)16-13)10-9-18-7-5-17(2)6-8-18/h3-4,11H,5-10H2,1-2H3,(H,16,20). The number of aromatic nitrogens is 2. The predicted molar refractivity (Wildman–Crippen MR) is 81.2 cm³/mol. The molecule has 1 N–H and O–H groups in total. The number of aromatic amines is 1. The number of imidazole rings is 1. The van der Waals surface area contributed by atoms with Gasteiger partial charge in [0.15, 0.2) is 0 Å². The molecule has 108 valence electrons. The first kappa shape index (κ1) is 13.4. The van der Waals surface area contributed by atoms with E-state index in [0.717, 1.165) is 50.3 Å². The van der Waals surface area contributed by atoms with Crippen LogP contribution in [-0.4, -0.2) is 59.1 Å². The molecule has 5 heteroatoms. The molecule has 1 aromatic heterocycles. The molecule has 3 rings (SSSR count). The number of H-pyrrole nitrogens is 1. The molecular weight excluding hydrogens is 252 g/mol. The molecule has 1 fully saturated rings. The third kappa shape index (κ3) is 2.64. The first-order valence-electron chi connectivity index (χ1n) is 7.23. The van der Waals surface area contributed by atoms with E-state index in [9.17, 15) is 4.79 Å². The fourth-order valence-corrected chi connectivity index (χ4v) is 2.80. The maximum atomic E-state index is 12.1. The van der Waals surface area contributed by atoms with Gasteiger partial charge in [0.2, 0.25) is 0 Å². The molecule has 0 atom stereocenters. The molecular formula is C15H22N4O. The van der Waals surface area contributed by atoms with Gasteiger partial charge >= 0.3 is 5.69 Å². The van der Waals surface area contributed by atoms with E-state index in [4.69, 9.17) is 0 Å². The molecule has 0 unspecified atom stereocenters. The van der Waals surface area contributed by atoms with Crippen molar-refractivity contribution in [1.29, 1.82) is 0 Å². The topological polar surface area (TPSA) is 44.3 Å². The van der Waals surface area contributed by atoms with Crippen molar-refractivity contribution in [3.8, 4) is 0 Å². The number of fused-ring (bicyclic) bond motifs is 1. The van der Waals surface area contributed by atoms with Crippen LogP contribution in [0.25, 0.3) is 11.0 Å². The van der Waals surface area contributed by atoms with E-state index in [0.29, 0.717) is 0 Å². The molecule has 0 aliphatic carbocycles. The fourth-order valence-electron chi connectivity index (χ4n) is 2.80. The molecule has 0 bridgehead atoms. The van der Waals surface area contributed by atoms with E-state index >= 15 is 0 Å². The number of hydrogen-bond acceptors (Lipinski definition) is 3. The lowest BCUT2D eigenvalue weighted by Gasteiger charge is -2.32. The van der Waals surface area contributed by atoms with E-state index in [-0.39, 0.29) is 5.69 Å². The van der Waals surface area contributed by atoms with E-state index in [1.54, 1.807) is 0 Å². The lowest BCUT2D eigenvalue weighted by molar-refractivity contribution is 0.150. The second-order valence-corrected chi connectivity index (χ2v) is 5.75. The molecule has 1 aliphatic rings. The Morgan fingerprint density at radius 2 is 1.90 bits per heavy atom. The zero-order chi connectivity index (χ0) is 14.1. The van der Waals surface area contributed by atoms with Crippen LogP contribution in [0.4, 0.5) is 0 Å². The fraction of sp³-hybridized carbons (Fsp3) is 0.533. The highest BCUT2D eigenvalue weighted by molar-refractivity contribution is 5.75. The highest BCUT2D eigenvalue weighted by Crippen LogP contribution is 2.12. The zero-order valence-corrected chi connectivity index (χ0v) is 12.2. The van der Waals surface area contributed by atoms with Crippen molar-refractivity contribution in [3.05, 3.63) is 34.2 Å². The Hall–Kier alpha value is -1.59. The van der Waals surface area contributed by atoms with Crippen LogP contribution in [-0.2, 0) is 6.54 Å². The maximum Gasteiger partial charge on any atom is 0.326 e. The Morgan fingerprint density at radius 1 is 1.15 bits per heavy atom. The summed E-state index contributed by atoms with van der Waals surface area (Å²) >= 11 is 0. The van der Waals surface area contributed by atoms with Gasteiger partial charge in [-0.25, -0.2) is 4.79 Å². The first-order valence-corrected chi connectivity index (χ1v) is 7.23. The van der Waals surface area contributed by atoms with Gasteiger partial charge in [0, 0.05) is 39.3 Å². The summed E-state index contributed by atoms with van der Waals surface area (Å²) in [7, 11) is 2.16. The smallest absolute Gasteiger partial charge is 0.306 e. The molecule has 1 aromatic carbocycles. The molecule has 0 saturated carbocycles. The number of rotatable bonds is 3. The van der Waals surface area contributed by atoms with Crippen LogP contribution in [0, 0.1) is 6.92 Å². The van der Waals surface area contributed by atoms with E-state index < -0.39 is 0 Å². The third-order valence-electron chi connectivity index (χ3n) is 4.17. The Balaban J connectivity index is 1.75. The van der Waals surface area contributed by atoms with Crippen LogP contribution in [0.3, 0.4) is 0 Å². The van der Waals surface area contributed by atoms with Crippen LogP contribution in [0.1, 0.15) is 5.56 Å². The van der Waals surface area contributed by atoms with Crippen molar-refractivity contribution in [1.82, 2.24) is 19.4 Å². The number of piperazine rings is 1. The highest BCUT2D eigenvalue weighted by Gasteiger charge is 2.14. The van der Waals surface area contributed by atoms with E-state index in [1.165, 1.54) is 5.56 Å². The Labute approximate surface area is 118 Å². The largest absolute Gasteiger partial charge is 0.326 e. The molecule has 5 nitrogen and oxygen atoms in total. The molecule has 0 radical (unpaired) electrons. The van der Waals surface area contributed by atoms with Gasteiger partial charge < -0.3 is 9.88 Å². The lowest BCUT2D eigenvalue weighted by Crippen LogP contribution is -2.45. The Morgan fingerprint density at radius 3 is 2.65 bits per heavy atom. The van der Waals surface area contributed by atoms with Crippen LogP contribution < -0.4 is 5.69 Å². The number of likely N-dealkylation sites (N-methyl/N-ethyl adjacent to an activating group) is 1. The summed E-state index contributed by atoms with van der Waals surface area (Å²) in [5.74, 6) is 0. The SMILES string of the molecule is Cc1ccc2[nH]c(=O)n(CCN3CCN(C)CC3)c2c1. The number of hydrogen-bond donors (Lipinski definition) is 1. The quantitative estimate of drug-likeness (QED) is 0.904. The summed E-state index contributed by atoms with van der Waals surface area (Å²) in [5.41, 5.74) is 3.13. The van der Waals surface area contributed by atoms with Crippen LogP contribution in [0.2, 0.25) is 0 Å². The van der Waals surface area contributed by atoms with Crippen molar-refractivity contribution in [2.75, 3.05) is 39.8 Å². The number of aryl methyl sites for hydroxylation is 1. The summed E-state index contributed by atoms with van der Waals surface area (Å²) in [4.78, 5) is 19.8. The average Bonchev–Trinajstić information content (AvgIpc) is 2.73. The summed E-state index contributed by atoms with van der Waals surface area (Å²) < 4.78 is 1.86. The number of benzene rings is 1. The molecule has 2 aromatic rings. The van der Waals surface area contributed by atoms with Crippen molar-refractivity contribution in [3.63, 3.8) is 0 Å². The van der Waals surface area contributed by atoms with Gasteiger partial charge in [-0.2, -0.15) is 0 Å². The van der Waals surface area contributed by atoms with E-state index in [1.807, 2.05) is 16.7 Å².